The summed E-state index contributed by atoms with van der Waals surface area (Å²) in [5, 5.41) is 0. The SMILES string of the molecule is C=C(O[Si](=C)OCC1CCCCC1)C1CC1. The maximum atomic E-state index is 5.74. The highest BCUT2D eigenvalue weighted by Crippen LogP contribution is 2.35. The molecule has 2 saturated carbocycles. The standard InChI is InChI=1S/C13H22O2Si/c1-11(13-8-9-13)15-16(2)14-10-12-6-4-3-5-7-12/h12-13H,1-10H2. The molecule has 0 bridgehead atoms. The van der Waals surface area contributed by atoms with E-state index in [9.17, 15) is 0 Å². The van der Waals surface area contributed by atoms with Gasteiger partial charge in [-0.05, 0) is 37.8 Å². The molecule has 2 nitrogen and oxygen atoms in total. The van der Waals surface area contributed by atoms with E-state index in [0.717, 1.165) is 18.3 Å². The molecule has 0 aromatic heterocycles. The molecule has 0 aromatic rings. The summed E-state index contributed by atoms with van der Waals surface area (Å²) in [6.45, 7) is 4.78. The first-order valence-corrected chi connectivity index (χ1v) is 7.96. The molecule has 0 unspecified atom stereocenters. The van der Waals surface area contributed by atoms with Gasteiger partial charge in [-0.2, -0.15) is 0 Å². The zero-order valence-electron chi connectivity index (χ0n) is 10.0. The van der Waals surface area contributed by atoms with Gasteiger partial charge in [0.15, 0.2) is 0 Å². The molecule has 0 atom stereocenters. The molecule has 0 aromatic carbocycles. The second-order valence-corrected chi connectivity index (χ2v) is 6.27. The summed E-state index contributed by atoms with van der Waals surface area (Å²) >= 11 is 0. The van der Waals surface area contributed by atoms with Crippen LogP contribution in [0.1, 0.15) is 44.9 Å². The summed E-state index contributed by atoms with van der Waals surface area (Å²) in [6.07, 6.45) is 13.2. The van der Waals surface area contributed by atoms with Crippen molar-refractivity contribution >= 4 is 15.1 Å². The van der Waals surface area contributed by atoms with Crippen molar-refractivity contribution in [2.75, 3.05) is 6.61 Å². The molecule has 90 valence electrons. The Balaban J connectivity index is 1.60. The predicted octanol–water partition coefficient (Wildman–Crippen LogP) is 3.03. The molecule has 2 rings (SSSR count). The number of hydrogen-bond donors (Lipinski definition) is 0. The third-order valence-corrected chi connectivity index (χ3v) is 4.46. The van der Waals surface area contributed by atoms with Crippen LogP contribution < -0.4 is 0 Å². The largest absolute Gasteiger partial charge is 0.523 e. The van der Waals surface area contributed by atoms with Crippen LogP contribution in [0.4, 0.5) is 0 Å². The predicted molar refractivity (Wildman–Crippen MR) is 68.4 cm³/mol. The summed E-state index contributed by atoms with van der Waals surface area (Å²) in [7, 11) is -1.34. The Morgan fingerprint density at radius 1 is 1.12 bits per heavy atom. The molecule has 2 aliphatic rings. The van der Waals surface area contributed by atoms with Crippen molar-refractivity contribution in [3.05, 3.63) is 12.3 Å². The van der Waals surface area contributed by atoms with Gasteiger partial charge < -0.3 is 8.85 Å². The monoisotopic (exact) mass is 238 g/mol. The second kappa shape index (κ2) is 5.67. The summed E-state index contributed by atoms with van der Waals surface area (Å²) < 4.78 is 11.4. The highest BCUT2D eigenvalue weighted by Gasteiger charge is 2.27. The van der Waals surface area contributed by atoms with E-state index in [2.05, 4.69) is 12.8 Å². The lowest BCUT2D eigenvalue weighted by molar-refractivity contribution is 0.181. The van der Waals surface area contributed by atoms with Gasteiger partial charge >= 0.3 is 8.90 Å². The van der Waals surface area contributed by atoms with Gasteiger partial charge in [0.05, 0.1) is 12.4 Å². The first-order chi connectivity index (χ1) is 7.75. The molecule has 0 N–H and O–H groups in total. The van der Waals surface area contributed by atoms with Gasteiger partial charge in [-0.1, -0.05) is 25.8 Å². The smallest absolute Gasteiger partial charge is 0.477 e. The molecule has 2 aliphatic carbocycles. The summed E-state index contributed by atoms with van der Waals surface area (Å²) in [5.41, 5.74) is 0. The van der Waals surface area contributed by atoms with E-state index in [1.54, 1.807) is 0 Å². The van der Waals surface area contributed by atoms with Crippen LogP contribution in [0, 0.1) is 11.8 Å². The number of rotatable bonds is 6. The van der Waals surface area contributed by atoms with Crippen LogP contribution in [0.15, 0.2) is 12.3 Å². The Morgan fingerprint density at radius 3 is 2.44 bits per heavy atom. The average molecular weight is 238 g/mol. The molecule has 16 heavy (non-hydrogen) atoms. The maximum absolute atomic E-state index is 5.74. The lowest BCUT2D eigenvalue weighted by Gasteiger charge is -2.22. The summed E-state index contributed by atoms with van der Waals surface area (Å²) in [5.74, 6) is 2.25. The van der Waals surface area contributed by atoms with Crippen LogP contribution in [0.3, 0.4) is 0 Å². The first kappa shape index (κ1) is 11.9. The fourth-order valence-electron chi connectivity index (χ4n) is 2.23. The minimum absolute atomic E-state index is 0.597. The highest BCUT2D eigenvalue weighted by molar-refractivity contribution is 6.49. The van der Waals surface area contributed by atoms with Crippen LogP contribution in [-0.2, 0) is 8.85 Å². The van der Waals surface area contributed by atoms with Gasteiger partial charge in [0.2, 0.25) is 0 Å². The van der Waals surface area contributed by atoms with Gasteiger partial charge in [0, 0.05) is 5.92 Å². The average Bonchev–Trinajstić information content (AvgIpc) is 3.11. The second-order valence-electron chi connectivity index (χ2n) is 5.03. The molecular weight excluding hydrogens is 216 g/mol. The quantitative estimate of drug-likeness (QED) is 0.523. The van der Waals surface area contributed by atoms with Crippen molar-refractivity contribution in [1.29, 1.82) is 0 Å². The third kappa shape index (κ3) is 3.78. The minimum Gasteiger partial charge on any atom is -0.523 e. The van der Waals surface area contributed by atoms with Crippen molar-refractivity contribution in [3.8, 4) is 0 Å². The molecule has 0 radical (unpaired) electrons. The Bertz CT molecular complexity index is 265. The van der Waals surface area contributed by atoms with Crippen molar-refractivity contribution in [3.63, 3.8) is 0 Å². The fraction of sp³-hybridized carbons (Fsp3) is 0.769. The van der Waals surface area contributed by atoms with E-state index in [0.29, 0.717) is 5.92 Å². The third-order valence-electron chi connectivity index (χ3n) is 3.48. The molecular formula is C13H22O2Si. The van der Waals surface area contributed by atoms with Gasteiger partial charge in [-0.25, -0.2) is 0 Å². The van der Waals surface area contributed by atoms with Gasteiger partial charge in [0.25, 0.3) is 0 Å². The van der Waals surface area contributed by atoms with Crippen LogP contribution in [0.5, 0.6) is 0 Å². The summed E-state index contributed by atoms with van der Waals surface area (Å²) in [6, 6.07) is 0. The van der Waals surface area contributed by atoms with Crippen molar-refractivity contribution in [2.24, 2.45) is 11.8 Å². The van der Waals surface area contributed by atoms with Crippen LogP contribution >= 0.6 is 0 Å². The van der Waals surface area contributed by atoms with Gasteiger partial charge in [-0.15, -0.1) is 0 Å². The molecule has 0 spiro atoms. The van der Waals surface area contributed by atoms with Crippen molar-refractivity contribution < 1.29 is 8.85 Å². The molecule has 0 saturated heterocycles. The van der Waals surface area contributed by atoms with Crippen LogP contribution in [0.25, 0.3) is 0 Å². The lowest BCUT2D eigenvalue weighted by atomic mass is 9.90. The van der Waals surface area contributed by atoms with E-state index in [-0.39, 0.29) is 0 Å². The molecule has 0 heterocycles. The van der Waals surface area contributed by atoms with E-state index in [4.69, 9.17) is 8.85 Å². The molecule has 2 fully saturated rings. The van der Waals surface area contributed by atoms with E-state index < -0.39 is 8.90 Å². The van der Waals surface area contributed by atoms with E-state index >= 15 is 0 Å². The van der Waals surface area contributed by atoms with Crippen molar-refractivity contribution in [2.45, 2.75) is 44.9 Å². The zero-order valence-corrected chi connectivity index (χ0v) is 11.0. The van der Waals surface area contributed by atoms with Crippen LogP contribution in [-0.4, -0.2) is 21.7 Å². The Kier molecular flexibility index (Phi) is 4.21. The van der Waals surface area contributed by atoms with Crippen LogP contribution in [0.2, 0.25) is 0 Å². The van der Waals surface area contributed by atoms with E-state index in [1.807, 2.05) is 0 Å². The maximum Gasteiger partial charge on any atom is 0.477 e. The molecule has 0 aliphatic heterocycles. The minimum atomic E-state index is -1.34. The highest BCUT2D eigenvalue weighted by atomic mass is 28.3. The number of hydrogen-bond acceptors (Lipinski definition) is 2. The first-order valence-electron chi connectivity index (χ1n) is 6.44. The van der Waals surface area contributed by atoms with Gasteiger partial charge in [0.1, 0.15) is 0 Å². The Morgan fingerprint density at radius 2 is 1.81 bits per heavy atom. The molecule has 0 amide bonds. The fourth-order valence-corrected chi connectivity index (χ4v) is 3.17. The number of allylic oxidation sites excluding steroid dienone is 1. The zero-order chi connectivity index (χ0) is 11.4. The molecule has 3 heteroatoms. The Labute approximate surface area is 100 Å². The normalized spacial score (nSPS) is 21.5. The van der Waals surface area contributed by atoms with E-state index in [1.165, 1.54) is 44.9 Å². The van der Waals surface area contributed by atoms with Crippen molar-refractivity contribution in [1.82, 2.24) is 0 Å². The topological polar surface area (TPSA) is 18.5 Å². The Hall–Kier alpha value is -0.573. The summed E-state index contributed by atoms with van der Waals surface area (Å²) in [4.78, 5) is 0. The lowest BCUT2D eigenvalue weighted by Crippen LogP contribution is -2.20. The van der Waals surface area contributed by atoms with Gasteiger partial charge in [-0.3, -0.25) is 0 Å².